The van der Waals surface area contributed by atoms with Gasteiger partial charge < -0.3 is 14.5 Å². The maximum Gasteiger partial charge on any atom is 0.431 e. The summed E-state index contributed by atoms with van der Waals surface area (Å²) < 4.78 is 42.9. The highest BCUT2D eigenvalue weighted by molar-refractivity contribution is 5.82. The van der Waals surface area contributed by atoms with Crippen LogP contribution >= 0.6 is 0 Å². The van der Waals surface area contributed by atoms with Gasteiger partial charge >= 0.3 is 6.18 Å². The molecular formula is C23H25F3N4O. The predicted octanol–water partition coefficient (Wildman–Crippen LogP) is 5.39. The molecule has 1 aromatic carbocycles. The van der Waals surface area contributed by atoms with Crippen molar-refractivity contribution in [3.05, 3.63) is 57.6 Å². The fourth-order valence-corrected chi connectivity index (χ4v) is 4.20. The lowest BCUT2D eigenvalue weighted by atomic mass is 10.0. The summed E-state index contributed by atoms with van der Waals surface area (Å²) in [5.41, 5.74) is 3.07. The molecule has 0 bridgehead atoms. The Balaban J connectivity index is 1.87. The van der Waals surface area contributed by atoms with Crippen LogP contribution in [0.3, 0.4) is 0 Å². The first-order valence-corrected chi connectivity index (χ1v) is 10.3. The van der Waals surface area contributed by atoms with Crippen molar-refractivity contribution in [2.75, 3.05) is 5.32 Å². The standard InChI is InChI=1S/C23H25F3N4O/c1-6-30-18(23(24,25)26)11-17-20(22(30)31)29(5)21(28-17)19-12(2)9-16(10-13(19)3)27-14(4)15-7-8-15/h9-11,15,27H,4,6-8H2,1-3,5H3. The van der Waals surface area contributed by atoms with E-state index in [1.807, 2.05) is 26.0 Å². The molecule has 1 aliphatic carbocycles. The van der Waals surface area contributed by atoms with Gasteiger partial charge in [-0.3, -0.25) is 4.79 Å². The number of imidazole rings is 1. The average Bonchev–Trinajstić information content (AvgIpc) is 3.46. The van der Waals surface area contributed by atoms with Crippen LogP contribution < -0.4 is 10.9 Å². The maximum absolute atomic E-state index is 13.5. The van der Waals surface area contributed by atoms with Gasteiger partial charge in [0, 0.05) is 30.5 Å². The van der Waals surface area contributed by atoms with Crippen LogP contribution in [0.4, 0.5) is 18.9 Å². The predicted molar refractivity (Wildman–Crippen MR) is 116 cm³/mol. The van der Waals surface area contributed by atoms with Gasteiger partial charge in [0.15, 0.2) is 0 Å². The highest BCUT2D eigenvalue weighted by Crippen LogP contribution is 2.37. The molecule has 2 aromatic heterocycles. The number of rotatable bonds is 5. The van der Waals surface area contributed by atoms with E-state index >= 15 is 0 Å². The number of nitrogens with zero attached hydrogens (tertiary/aromatic N) is 3. The van der Waals surface area contributed by atoms with Crippen LogP contribution in [0.15, 0.2) is 35.3 Å². The zero-order valence-corrected chi connectivity index (χ0v) is 18.0. The summed E-state index contributed by atoms with van der Waals surface area (Å²) in [6, 6.07) is 4.91. The molecule has 0 saturated heterocycles. The number of allylic oxidation sites excluding steroid dienone is 1. The average molecular weight is 430 g/mol. The molecule has 5 nitrogen and oxygen atoms in total. The monoisotopic (exact) mass is 430 g/mol. The van der Waals surface area contributed by atoms with Gasteiger partial charge in [-0.1, -0.05) is 6.58 Å². The van der Waals surface area contributed by atoms with E-state index in [2.05, 4.69) is 16.9 Å². The summed E-state index contributed by atoms with van der Waals surface area (Å²) in [5.74, 6) is 0.986. The summed E-state index contributed by atoms with van der Waals surface area (Å²) in [6.45, 7) is 9.40. The Bertz CT molecular complexity index is 1240. The van der Waals surface area contributed by atoms with Crippen LogP contribution in [-0.2, 0) is 19.8 Å². The van der Waals surface area contributed by atoms with Crippen LogP contribution in [0.1, 0.15) is 36.6 Å². The maximum atomic E-state index is 13.5. The Morgan fingerprint density at radius 1 is 1.23 bits per heavy atom. The lowest BCUT2D eigenvalue weighted by Gasteiger charge is -2.15. The van der Waals surface area contributed by atoms with E-state index < -0.39 is 17.4 Å². The Hall–Kier alpha value is -3.03. The number of fused-ring (bicyclic) bond motifs is 1. The lowest BCUT2D eigenvalue weighted by molar-refractivity contribution is -0.144. The number of hydrogen-bond donors (Lipinski definition) is 1. The third-order valence-corrected chi connectivity index (χ3v) is 5.87. The zero-order chi connectivity index (χ0) is 22.7. The van der Waals surface area contributed by atoms with E-state index in [0.29, 0.717) is 11.7 Å². The number of hydrogen-bond acceptors (Lipinski definition) is 3. The number of pyridine rings is 1. The van der Waals surface area contributed by atoms with E-state index in [1.165, 1.54) is 6.92 Å². The van der Waals surface area contributed by atoms with Crippen molar-refractivity contribution in [1.29, 1.82) is 0 Å². The number of anilines is 1. The fourth-order valence-electron chi connectivity index (χ4n) is 4.20. The summed E-state index contributed by atoms with van der Waals surface area (Å²) in [5, 5.41) is 3.35. The normalized spacial score (nSPS) is 14.3. The molecule has 164 valence electrons. The van der Waals surface area contributed by atoms with E-state index in [4.69, 9.17) is 0 Å². The second-order valence-electron chi connectivity index (χ2n) is 8.21. The van der Waals surface area contributed by atoms with Crippen LogP contribution in [0.25, 0.3) is 22.4 Å². The second-order valence-corrected chi connectivity index (χ2v) is 8.21. The molecule has 0 unspecified atom stereocenters. The first-order valence-electron chi connectivity index (χ1n) is 10.3. The topological polar surface area (TPSA) is 51.9 Å². The molecule has 1 fully saturated rings. The Morgan fingerprint density at radius 2 is 1.84 bits per heavy atom. The minimum absolute atomic E-state index is 0.0441. The molecule has 0 atom stereocenters. The number of aromatic nitrogens is 3. The van der Waals surface area contributed by atoms with Gasteiger partial charge in [-0.05, 0) is 68.9 Å². The Morgan fingerprint density at radius 3 is 2.35 bits per heavy atom. The first-order chi connectivity index (χ1) is 14.5. The molecule has 0 spiro atoms. The van der Waals surface area contributed by atoms with Gasteiger partial charge in [0.25, 0.3) is 5.56 Å². The lowest BCUT2D eigenvalue weighted by Crippen LogP contribution is -2.28. The van der Waals surface area contributed by atoms with Crippen molar-refractivity contribution < 1.29 is 13.2 Å². The molecule has 8 heteroatoms. The largest absolute Gasteiger partial charge is 0.431 e. The van der Waals surface area contributed by atoms with Gasteiger partial charge in [0.1, 0.15) is 17.0 Å². The van der Waals surface area contributed by atoms with E-state index in [-0.39, 0.29) is 17.6 Å². The summed E-state index contributed by atoms with van der Waals surface area (Å²) in [4.78, 5) is 17.3. The molecule has 1 aliphatic rings. The smallest absolute Gasteiger partial charge is 0.359 e. The van der Waals surface area contributed by atoms with Crippen molar-refractivity contribution in [3.63, 3.8) is 0 Å². The third kappa shape index (κ3) is 3.64. The minimum atomic E-state index is -4.63. The van der Waals surface area contributed by atoms with Crippen LogP contribution in [0.2, 0.25) is 0 Å². The quantitative estimate of drug-likeness (QED) is 0.590. The zero-order valence-electron chi connectivity index (χ0n) is 18.0. The minimum Gasteiger partial charge on any atom is -0.359 e. The van der Waals surface area contributed by atoms with Gasteiger partial charge in [-0.2, -0.15) is 13.2 Å². The van der Waals surface area contributed by atoms with Crippen LogP contribution in [-0.4, -0.2) is 14.1 Å². The highest BCUT2D eigenvalue weighted by Gasteiger charge is 2.36. The van der Waals surface area contributed by atoms with E-state index in [9.17, 15) is 18.0 Å². The SMILES string of the molecule is C=C(Nc1cc(C)c(-c2nc3cc(C(F)(F)F)n(CC)c(=O)c3n2C)c(C)c1)C1CC1. The van der Waals surface area contributed by atoms with Crippen molar-refractivity contribution in [1.82, 2.24) is 14.1 Å². The third-order valence-electron chi connectivity index (χ3n) is 5.87. The molecule has 4 rings (SSSR count). The van der Waals surface area contributed by atoms with Crippen molar-refractivity contribution in [2.24, 2.45) is 13.0 Å². The van der Waals surface area contributed by atoms with E-state index in [1.54, 1.807) is 11.6 Å². The number of nitrogens with one attached hydrogen (secondary N) is 1. The molecule has 2 heterocycles. The van der Waals surface area contributed by atoms with Gasteiger partial charge in [-0.15, -0.1) is 0 Å². The summed E-state index contributed by atoms with van der Waals surface area (Å²) in [7, 11) is 1.67. The summed E-state index contributed by atoms with van der Waals surface area (Å²) in [6.07, 6.45) is -2.34. The molecule has 0 aliphatic heterocycles. The molecule has 1 N–H and O–H groups in total. The number of alkyl halides is 3. The molecule has 1 saturated carbocycles. The number of halogens is 3. The van der Waals surface area contributed by atoms with Gasteiger partial charge in [-0.25, -0.2) is 4.98 Å². The van der Waals surface area contributed by atoms with Gasteiger partial charge in [0.05, 0.1) is 5.52 Å². The Kier molecular flexibility index (Phi) is 4.98. The van der Waals surface area contributed by atoms with Crippen molar-refractivity contribution in [3.8, 4) is 11.4 Å². The molecular weight excluding hydrogens is 405 g/mol. The molecule has 31 heavy (non-hydrogen) atoms. The summed E-state index contributed by atoms with van der Waals surface area (Å²) >= 11 is 0. The van der Waals surface area contributed by atoms with Crippen LogP contribution in [0, 0.1) is 19.8 Å². The first kappa shape index (κ1) is 21.2. The fraction of sp³-hybridized carbons (Fsp3) is 0.391. The number of benzene rings is 1. The molecule has 3 aromatic rings. The van der Waals surface area contributed by atoms with Crippen molar-refractivity contribution in [2.45, 2.75) is 46.3 Å². The molecule has 0 radical (unpaired) electrons. The second kappa shape index (κ2) is 7.28. The highest BCUT2D eigenvalue weighted by atomic mass is 19.4. The Labute approximate surface area is 178 Å². The molecule has 0 amide bonds. The van der Waals surface area contributed by atoms with Crippen LogP contribution in [0.5, 0.6) is 0 Å². The van der Waals surface area contributed by atoms with Crippen molar-refractivity contribution >= 4 is 16.7 Å². The number of aryl methyl sites for hydroxylation is 3. The van der Waals surface area contributed by atoms with Gasteiger partial charge in [0.2, 0.25) is 0 Å². The van der Waals surface area contributed by atoms with E-state index in [0.717, 1.165) is 51.5 Å².